The molecule has 0 N–H and O–H groups in total. The number of hydrogen-bond donors (Lipinski definition) is 0. The van der Waals surface area contributed by atoms with E-state index in [0.717, 1.165) is 29.9 Å². The molecule has 32 heavy (non-hydrogen) atoms. The van der Waals surface area contributed by atoms with Gasteiger partial charge in [-0.05, 0) is 38.0 Å². The first kappa shape index (κ1) is 21.6. The fourth-order valence-electron chi connectivity index (χ4n) is 4.02. The Hall–Kier alpha value is -2.21. The lowest BCUT2D eigenvalue weighted by atomic mass is 10.2. The van der Waals surface area contributed by atoms with Crippen LogP contribution in [0.5, 0.6) is 0 Å². The number of imidazole rings is 1. The maximum absolute atomic E-state index is 13.1. The predicted octanol–water partition coefficient (Wildman–Crippen LogP) is 3.59. The van der Waals surface area contributed by atoms with E-state index in [1.165, 1.54) is 27.5 Å². The Bertz CT molecular complexity index is 1450. The number of sulfonamides is 1. The van der Waals surface area contributed by atoms with Crippen LogP contribution >= 0.6 is 23.1 Å². The number of thiazole rings is 1. The summed E-state index contributed by atoms with van der Waals surface area (Å²) in [5.41, 5.74) is 2.16. The molecule has 0 saturated carbocycles. The molecule has 168 valence electrons. The van der Waals surface area contributed by atoms with Crippen molar-refractivity contribution in [1.29, 1.82) is 0 Å². The molecule has 1 fully saturated rings. The summed E-state index contributed by atoms with van der Waals surface area (Å²) in [5.74, 6) is 0.506. The smallest absolute Gasteiger partial charge is 0.258 e. The number of hydrogen-bond acceptors (Lipinski definition) is 7. The second-order valence-electron chi connectivity index (χ2n) is 7.68. The zero-order valence-corrected chi connectivity index (χ0v) is 20.0. The first-order valence-corrected chi connectivity index (χ1v) is 13.9. The number of nitrogens with zero attached hydrogens (tertiary/aromatic N) is 5. The molecular weight excluding hydrogens is 466 g/mol. The van der Waals surface area contributed by atoms with Gasteiger partial charge in [0, 0.05) is 43.0 Å². The Balaban J connectivity index is 1.44. The summed E-state index contributed by atoms with van der Waals surface area (Å²) >= 11 is 2.92. The van der Waals surface area contributed by atoms with Crippen LogP contribution < -0.4 is 5.56 Å². The first-order valence-electron chi connectivity index (χ1n) is 10.6. The lowest BCUT2D eigenvalue weighted by Crippen LogP contribution is -2.35. The van der Waals surface area contributed by atoms with Crippen molar-refractivity contribution in [1.82, 2.24) is 23.2 Å². The molecule has 4 heterocycles. The van der Waals surface area contributed by atoms with E-state index >= 15 is 0 Å². The van der Waals surface area contributed by atoms with E-state index in [1.807, 2.05) is 18.4 Å². The molecule has 1 aliphatic heterocycles. The maximum atomic E-state index is 13.1. The number of aryl methyl sites for hydroxylation is 1. The maximum Gasteiger partial charge on any atom is 0.258 e. The average molecular weight is 490 g/mol. The van der Waals surface area contributed by atoms with Crippen LogP contribution in [0.1, 0.15) is 31.9 Å². The zero-order chi connectivity index (χ0) is 22.3. The van der Waals surface area contributed by atoms with Crippen LogP contribution in [0.15, 0.2) is 50.7 Å². The molecule has 0 atom stereocenters. The molecule has 4 aromatic rings. The van der Waals surface area contributed by atoms with Crippen LogP contribution in [0.3, 0.4) is 0 Å². The number of thioether (sulfide) groups is 1. The minimum absolute atomic E-state index is 0.0941. The number of piperidine rings is 1. The van der Waals surface area contributed by atoms with Crippen LogP contribution in [-0.2, 0) is 22.3 Å². The van der Waals surface area contributed by atoms with Crippen molar-refractivity contribution in [2.45, 2.75) is 48.5 Å². The molecule has 0 spiro atoms. The quantitative estimate of drug-likeness (QED) is 0.385. The molecule has 0 bridgehead atoms. The minimum atomic E-state index is -3.51. The van der Waals surface area contributed by atoms with Crippen LogP contribution in [0, 0.1) is 0 Å². The van der Waals surface area contributed by atoms with E-state index in [-0.39, 0.29) is 5.56 Å². The summed E-state index contributed by atoms with van der Waals surface area (Å²) in [6.45, 7) is 3.89. The van der Waals surface area contributed by atoms with Gasteiger partial charge in [-0.25, -0.2) is 18.4 Å². The van der Waals surface area contributed by atoms with Gasteiger partial charge in [0.2, 0.25) is 10.0 Å². The van der Waals surface area contributed by atoms with Crippen molar-refractivity contribution >= 4 is 49.1 Å². The van der Waals surface area contributed by atoms with Gasteiger partial charge in [-0.1, -0.05) is 18.2 Å². The summed E-state index contributed by atoms with van der Waals surface area (Å²) in [7, 11) is -3.51. The van der Waals surface area contributed by atoms with Gasteiger partial charge >= 0.3 is 0 Å². The van der Waals surface area contributed by atoms with E-state index in [9.17, 15) is 13.2 Å². The van der Waals surface area contributed by atoms with E-state index in [0.29, 0.717) is 46.5 Å². The SMILES string of the molecule is CCn1c(SCc2cc(=O)n3ccsc3n2)nc2cc(S(=O)(=O)N3CCCCC3)ccc21. The van der Waals surface area contributed by atoms with Crippen LogP contribution in [0.25, 0.3) is 16.0 Å². The molecule has 3 aromatic heterocycles. The molecule has 0 aliphatic carbocycles. The largest absolute Gasteiger partial charge is 0.319 e. The molecular formula is C21H23N5O3S3. The molecule has 8 nitrogen and oxygen atoms in total. The lowest BCUT2D eigenvalue weighted by Gasteiger charge is -2.25. The highest BCUT2D eigenvalue weighted by Crippen LogP contribution is 2.29. The van der Waals surface area contributed by atoms with E-state index < -0.39 is 10.0 Å². The van der Waals surface area contributed by atoms with E-state index in [2.05, 4.69) is 9.55 Å². The van der Waals surface area contributed by atoms with Crippen molar-refractivity contribution in [3.63, 3.8) is 0 Å². The fourth-order valence-corrected chi connectivity index (χ4v) is 7.27. The zero-order valence-electron chi connectivity index (χ0n) is 17.6. The van der Waals surface area contributed by atoms with Gasteiger partial charge < -0.3 is 4.57 Å². The van der Waals surface area contributed by atoms with Crippen LogP contribution in [-0.4, -0.2) is 44.7 Å². The monoisotopic (exact) mass is 489 g/mol. The molecule has 0 unspecified atom stereocenters. The number of benzene rings is 1. The molecule has 0 amide bonds. The van der Waals surface area contributed by atoms with Crippen molar-refractivity contribution in [3.05, 3.63) is 51.9 Å². The third kappa shape index (κ3) is 3.87. The summed E-state index contributed by atoms with van der Waals surface area (Å²) < 4.78 is 31.3. The summed E-state index contributed by atoms with van der Waals surface area (Å²) in [4.78, 5) is 22.5. The van der Waals surface area contributed by atoms with Gasteiger partial charge in [0.05, 0.1) is 21.6 Å². The highest BCUT2D eigenvalue weighted by Gasteiger charge is 2.26. The van der Waals surface area contributed by atoms with Gasteiger partial charge in [0.15, 0.2) is 10.1 Å². The molecule has 1 saturated heterocycles. The molecule has 0 radical (unpaired) electrons. The summed E-state index contributed by atoms with van der Waals surface area (Å²) in [5, 5.41) is 2.62. The normalized spacial score (nSPS) is 15.7. The van der Waals surface area contributed by atoms with Crippen molar-refractivity contribution in [2.24, 2.45) is 0 Å². The van der Waals surface area contributed by atoms with Gasteiger partial charge in [0.25, 0.3) is 5.56 Å². The lowest BCUT2D eigenvalue weighted by molar-refractivity contribution is 0.346. The number of rotatable bonds is 6. The highest BCUT2D eigenvalue weighted by molar-refractivity contribution is 7.98. The van der Waals surface area contributed by atoms with Crippen LogP contribution in [0.4, 0.5) is 0 Å². The summed E-state index contributed by atoms with van der Waals surface area (Å²) in [6, 6.07) is 6.75. The topological polar surface area (TPSA) is 89.6 Å². The van der Waals surface area contributed by atoms with E-state index in [4.69, 9.17) is 4.98 Å². The predicted molar refractivity (Wildman–Crippen MR) is 127 cm³/mol. The van der Waals surface area contributed by atoms with Gasteiger partial charge in [-0.3, -0.25) is 9.20 Å². The van der Waals surface area contributed by atoms with Gasteiger partial charge in [0.1, 0.15) is 0 Å². The Morgan fingerprint density at radius 1 is 1.12 bits per heavy atom. The molecule has 1 aliphatic rings. The van der Waals surface area contributed by atoms with E-state index in [1.54, 1.807) is 28.7 Å². The molecule has 11 heteroatoms. The first-order chi connectivity index (χ1) is 15.5. The number of fused-ring (bicyclic) bond motifs is 2. The third-order valence-corrected chi connectivity index (χ3v) is 9.32. The summed E-state index contributed by atoms with van der Waals surface area (Å²) in [6.07, 6.45) is 4.61. The van der Waals surface area contributed by atoms with Crippen molar-refractivity contribution in [2.75, 3.05) is 13.1 Å². The Morgan fingerprint density at radius 3 is 2.72 bits per heavy atom. The van der Waals surface area contributed by atoms with Crippen LogP contribution in [0.2, 0.25) is 0 Å². The minimum Gasteiger partial charge on any atom is -0.319 e. The molecule has 5 rings (SSSR count). The fraction of sp³-hybridized carbons (Fsp3) is 0.381. The standard InChI is InChI=1S/C21H23N5O3S3/c1-2-25-18-7-6-16(32(28,29)24-8-4-3-5-9-24)13-17(18)23-21(25)31-14-15-12-19(27)26-10-11-30-20(26)22-15/h6-7,10-13H,2-5,8-9,14H2,1H3. The Labute approximate surface area is 194 Å². The highest BCUT2D eigenvalue weighted by atomic mass is 32.2. The number of aromatic nitrogens is 4. The molecule has 1 aromatic carbocycles. The second kappa shape index (κ2) is 8.62. The van der Waals surface area contributed by atoms with Crippen molar-refractivity contribution in [3.8, 4) is 0 Å². The third-order valence-electron chi connectivity index (χ3n) is 5.66. The van der Waals surface area contributed by atoms with Gasteiger partial charge in [-0.2, -0.15) is 4.31 Å². The van der Waals surface area contributed by atoms with Crippen molar-refractivity contribution < 1.29 is 8.42 Å². The van der Waals surface area contributed by atoms with Gasteiger partial charge in [-0.15, -0.1) is 11.3 Å². The Kier molecular flexibility index (Phi) is 5.82. The second-order valence-corrected chi connectivity index (χ2v) is 11.4. The average Bonchev–Trinajstić information content (AvgIpc) is 3.42. The Morgan fingerprint density at radius 2 is 1.94 bits per heavy atom.